The van der Waals surface area contributed by atoms with Crippen LogP contribution in [0.25, 0.3) is 0 Å². The van der Waals surface area contributed by atoms with Crippen LogP contribution < -0.4 is 0 Å². The first-order valence-electron chi connectivity index (χ1n) is 5.86. The Labute approximate surface area is 115 Å². The Bertz CT molecular complexity index is 635. The summed E-state index contributed by atoms with van der Waals surface area (Å²) in [5, 5.41) is 8.89. The second-order valence-electron chi connectivity index (χ2n) is 4.43. The first kappa shape index (κ1) is 14.5. The molecule has 0 radical (unpaired) electrons. The number of aromatic nitrogens is 1. The average Bonchev–Trinajstić information content (AvgIpc) is 3.06. The number of aliphatic carboxylic acids is 1. The molecule has 1 aromatic heterocycles. The molecule has 0 bridgehead atoms. The molecule has 1 aliphatic heterocycles. The van der Waals surface area contributed by atoms with E-state index >= 15 is 0 Å². The van der Waals surface area contributed by atoms with Crippen LogP contribution in [0.3, 0.4) is 0 Å². The monoisotopic (exact) mass is 302 g/mol. The first-order chi connectivity index (χ1) is 9.36. The van der Waals surface area contributed by atoms with Crippen LogP contribution in [0.15, 0.2) is 17.2 Å². The van der Waals surface area contributed by atoms with Crippen molar-refractivity contribution in [3.8, 4) is 0 Å². The third kappa shape index (κ3) is 2.54. The van der Waals surface area contributed by atoms with E-state index in [4.69, 9.17) is 5.11 Å². The molecule has 0 spiro atoms. The van der Waals surface area contributed by atoms with Crippen molar-refractivity contribution in [2.45, 2.75) is 11.3 Å². The quantitative estimate of drug-likeness (QED) is 0.750. The lowest BCUT2D eigenvalue weighted by molar-refractivity contribution is -0.141. The van der Waals surface area contributed by atoms with Crippen molar-refractivity contribution >= 4 is 22.0 Å². The Kier molecular flexibility index (Phi) is 3.82. The highest BCUT2D eigenvalue weighted by atomic mass is 32.2. The molecule has 0 amide bonds. The second-order valence-corrected chi connectivity index (χ2v) is 6.37. The summed E-state index contributed by atoms with van der Waals surface area (Å²) >= 11 is 0. The highest BCUT2D eigenvalue weighted by Gasteiger charge is 2.36. The van der Waals surface area contributed by atoms with Gasteiger partial charge in [-0.05, 0) is 12.5 Å². The minimum Gasteiger partial charge on any atom is -0.481 e. The maximum absolute atomic E-state index is 12.3. The van der Waals surface area contributed by atoms with Gasteiger partial charge in [-0.1, -0.05) is 0 Å². The summed E-state index contributed by atoms with van der Waals surface area (Å²) in [6.07, 6.45) is 1.47. The molecule has 1 aliphatic rings. The van der Waals surface area contributed by atoms with Gasteiger partial charge >= 0.3 is 11.9 Å². The number of rotatable bonds is 4. The number of esters is 1. The van der Waals surface area contributed by atoms with Crippen molar-refractivity contribution < 1.29 is 27.9 Å². The van der Waals surface area contributed by atoms with Gasteiger partial charge in [0, 0.05) is 19.3 Å². The molecule has 110 valence electrons. The van der Waals surface area contributed by atoms with Gasteiger partial charge < -0.3 is 14.8 Å². The molecule has 2 N–H and O–H groups in total. The molecule has 8 nitrogen and oxygen atoms in total. The minimum atomic E-state index is -3.80. The highest BCUT2D eigenvalue weighted by Crippen LogP contribution is 2.25. The van der Waals surface area contributed by atoms with Crippen LogP contribution >= 0.6 is 0 Å². The molecule has 20 heavy (non-hydrogen) atoms. The zero-order valence-corrected chi connectivity index (χ0v) is 11.5. The molecule has 0 saturated carbocycles. The van der Waals surface area contributed by atoms with Gasteiger partial charge in [-0.25, -0.2) is 13.2 Å². The van der Waals surface area contributed by atoms with Crippen LogP contribution in [-0.4, -0.2) is 55.0 Å². The summed E-state index contributed by atoms with van der Waals surface area (Å²) < 4.78 is 30.2. The van der Waals surface area contributed by atoms with E-state index in [2.05, 4.69) is 9.72 Å². The molecule has 2 heterocycles. The van der Waals surface area contributed by atoms with E-state index < -0.39 is 27.9 Å². The van der Waals surface area contributed by atoms with Crippen molar-refractivity contribution in [1.82, 2.24) is 9.29 Å². The van der Waals surface area contributed by atoms with E-state index in [-0.39, 0.29) is 30.1 Å². The van der Waals surface area contributed by atoms with Gasteiger partial charge in [0.05, 0.1) is 13.0 Å². The van der Waals surface area contributed by atoms with Gasteiger partial charge in [0.1, 0.15) is 10.6 Å². The SMILES string of the molecule is COC(=O)c1cc(S(=O)(=O)N2CCC(C(=O)O)C2)c[nH]1. The molecule has 0 aliphatic carbocycles. The van der Waals surface area contributed by atoms with E-state index in [1.807, 2.05) is 0 Å². The number of nitrogens with zero attached hydrogens (tertiary/aromatic N) is 1. The predicted molar refractivity (Wildman–Crippen MR) is 66.6 cm³/mol. The van der Waals surface area contributed by atoms with E-state index in [1.54, 1.807) is 0 Å². The number of methoxy groups -OCH3 is 1. The maximum Gasteiger partial charge on any atom is 0.354 e. The van der Waals surface area contributed by atoms with Crippen molar-refractivity contribution in [1.29, 1.82) is 0 Å². The van der Waals surface area contributed by atoms with E-state index in [1.165, 1.54) is 19.4 Å². The highest BCUT2D eigenvalue weighted by molar-refractivity contribution is 7.89. The molecular weight excluding hydrogens is 288 g/mol. The zero-order chi connectivity index (χ0) is 14.9. The van der Waals surface area contributed by atoms with Gasteiger partial charge in [-0.2, -0.15) is 4.31 Å². The number of carboxylic acid groups (broad SMARTS) is 1. The molecule has 9 heteroatoms. The Balaban J connectivity index is 2.21. The summed E-state index contributed by atoms with van der Waals surface area (Å²) in [6, 6.07) is 1.18. The van der Waals surface area contributed by atoms with Crippen LogP contribution in [0, 0.1) is 5.92 Å². The van der Waals surface area contributed by atoms with E-state index in [9.17, 15) is 18.0 Å². The molecule has 1 unspecified atom stereocenters. The largest absolute Gasteiger partial charge is 0.481 e. The number of hydrogen-bond acceptors (Lipinski definition) is 5. The summed E-state index contributed by atoms with van der Waals surface area (Å²) in [7, 11) is -2.61. The number of aromatic amines is 1. The van der Waals surface area contributed by atoms with Crippen LogP contribution in [0.1, 0.15) is 16.9 Å². The van der Waals surface area contributed by atoms with Gasteiger partial charge in [-0.3, -0.25) is 4.79 Å². The van der Waals surface area contributed by atoms with E-state index in [0.717, 1.165) is 4.31 Å². The molecule has 1 atom stereocenters. The zero-order valence-electron chi connectivity index (χ0n) is 10.7. The Morgan fingerprint density at radius 3 is 2.75 bits per heavy atom. The topological polar surface area (TPSA) is 117 Å². The molecule has 1 fully saturated rings. The van der Waals surface area contributed by atoms with Crippen LogP contribution in [0.2, 0.25) is 0 Å². The summed E-state index contributed by atoms with van der Waals surface area (Å²) in [5.74, 6) is -2.37. The maximum atomic E-state index is 12.3. The van der Waals surface area contributed by atoms with Crippen LogP contribution in [0.5, 0.6) is 0 Å². The lowest BCUT2D eigenvalue weighted by Gasteiger charge is -2.14. The number of sulfonamides is 1. The first-order valence-corrected chi connectivity index (χ1v) is 7.30. The number of H-pyrrole nitrogens is 1. The smallest absolute Gasteiger partial charge is 0.354 e. The average molecular weight is 302 g/mol. The standard InChI is InChI=1S/C11H14N2O6S/c1-19-11(16)9-4-8(5-12-9)20(17,18)13-3-2-7(6-13)10(14)15/h4-5,7,12H,2-3,6H2,1H3,(H,14,15). The lowest BCUT2D eigenvalue weighted by atomic mass is 10.1. The number of ether oxygens (including phenoxy) is 1. The fourth-order valence-corrected chi connectivity index (χ4v) is 3.54. The molecule has 1 saturated heterocycles. The van der Waals surface area contributed by atoms with Crippen molar-refractivity contribution in [2.24, 2.45) is 5.92 Å². The molecule has 2 rings (SSSR count). The summed E-state index contributed by atoms with van der Waals surface area (Å²) in [5.41, 5.74) is 0.0278. The number of carboxylic acids is 1. The van der Waals surface area contributed by atoms with Crippen molar-refractivity contribution in [2.75, 3.05) is 20.2 Å². The van der Waals surface area contributed by atoms with Gasteiger partial charge in [-0.15, -0.1) is 0 Å². The normalized spacial score (nSPS) is 19.9. The van der Waals surface area contributed by atoms with Gasteiger partial charge in [0.25, 0.3) is 0 Å². The number of hydrogen-bond donors (Lipinski definition) is 2. The fraction of sp³-hybridized carbons (Fsp3) is 0.455. The second kappa shape index (κ2) is 5.25. The van der Waals surface area contributed by atoms with Gasteiger partial charge in [0.2, 0.25) is 10.0 Å². The van der Waals surface area contributed by atoms with E-state index in [0.29, 0.717) is 0 Å². The number of carbonyl (C=O) groups is 2. The van der Waals surface area contributed by atoms with Crippen molar-refractivity contribution in [3.63, 3.8) is 0 Å². The third-order valence-electron chi connectivity index (χ3n) is 3.20. The summed E-state index contributed by atoms with van der Waals surface area (Å²) in [4.78, 5) is 24.6. The predicted octanol–water partition coefficient (Wildman–Crippen LogP) is -0.103. The Hall–Kier alpha value is -1.87. The molecule has 1 aromatic rings. The summed E-state index contributed by atoms with van der Waals surface area (Å²) in [6.45, 7) is 0.0917. The number of carbonyl (C=O) groups excluding carboxylic acids is 1. The van der Waals surface area contributed by atoms with Crippen molar-refractivity contribution in [3.05, 3.63) is 18.0 Å². The lowest BCUT2D eigenvalue weighted by Crippen LogP contribution is -2.29. The molecular formula is C11H14N2O6S. The van der Waals surface area contributed by atoms with Crippen LogP contribution in [-0.2, 0) is 19.6 Å². The molecule has 0 aromatic carbocycles. The van der Waals surface area contributed by atoms with Gasteiger partial charge in [0.15, 0.2) is 0 Å². The Morgan fingerprint density at radius 1 is 1.50 bits per heavy atom. The number of nitrogens with one attached hydrogen (secondary N) is 1. The fourth-order valence-electron chi connectivity index (χ4n) is 2.05. The Morgan fingerprint density at radius 2 is 2.20 bits per heavy atom. The minimum absolute atomic E-state index is 0.0278. The van der Waals surface area contributed by atoms with Crippen LogP contribution in [0.4, 0.5) is 0 Å². The third-order valence-corrected chi connectivity index (χ3v) is 5.04.